The van der Waals surface area contributed by atoms with Crippen molar-refractivity contribution in [1.29, 1.82) is 0 Å². The molecule has 1 rings (SSSR count). The molecule has 0 aliphatic heterocycles. The van der Waals surface area contributed by atoms with E-state index in [0.29, 0.717) is 18.7 Å². The summed E-state index contributed by atoms with van der Waals surface area (Å²) in [7, 11) is 1.63. The Hall–Kier alpha value is -2.08. The molecule has 128 valence electrons. The maximum Gasteiger partial charge on any atom is 0.251 e. The molecule has 0 heterocycles. The van der Waals surface area contributed by atoms with Crippen LogP contribution in [0.15, 0.2) is 24.3 Å². The van der Waals surface area contributed by atoms with E-state index in [1.807, 2.05) is 19.9 Å². The second-order valence-electron chi connectivity index (χ2n) is 5.41. The molecule has 6 heteroatoms. The van der Waals surface area contributed by atoms with Crippen molar-refractivity contribution in [3.05, 3.63) is 29.8 Å². The molecule has 0 aliphatic carbocycles. The fourth-order valence-electron chi connectivity index (χ4n) is 1.87. The van der Waals surface area contributed by atoms with Gasteiger partial charge in [-0.2, -0.15) is 0 Å². The van der Waals surface area contributed by atoms with Crippen LogP contribution in [0.4, 0.5) is 5.69 Å². The summed E-state index contributed by atoms with van der Waals surface area (Å²) in [6.07, 6.45) is 1.67. The van der Waals surface area contributed by atoms with Crippen LogP contribution in [0.25, 0.3) is 0 Å². The lowest BCUT2D eigenvalue weighted by molar-refractivity contribution is -0.119. The van der Waals surface area contributed by atoms with E-state index >= 15 is 0 Å². The van der Waals surface area contributed by atoms with Gasteiger partial charge in [-0.1, -0.05) is 13.0 Å². The van der Waals surface area contributed by atoms with E-state index in [0.717, 1.165) is 18.5 Å². The van der Waals surface area contributed by atoms with Crippen molar-refractivity contribution >= 4 is 17.5 Å². The first-order valence-corrected chi connectivity index (χ1v) is 7.97. The monoisotopic (exact) mass is 321 g/mol. The summed E-state index contributed by atoms with van der Waals surface area (Å²) in [4.78, 5) is 23.8. The number of rotatable bonds is 10. The van der Waals surface area contributed by atoms with Gasteiger partial charge in [0.05, 0.1) is 6.54 Å². The Morgan fingerprint density at radius 3 is 2.78 bits per heavy atom. The first kappa shape index (κ1) is 19.0. The van der Waals surface area contributed by atoms with E-state index in [2.05, 4.69) is 16.0 Å². The molecule has 0 fully saturated rings. The average molecular weight is 321 g/mol. The van der Waals surface area contributed by atoms with Gasteiger partial charge in [-0.3, -0.25) is 9.59 Å². The quantitative estimate of drug-likeness (QED) is 0.574. The number of carbonyl (C=O) groups is 2. The molecule has 0 radical (unpaired) electrons. The molecule has 0 spiro atoms. The third-order valence-corrected chi connectivity index (χ3v) is 3.42. The summed E-state index contributed by atoms with van der Waals surface area (Å²) < 4.78 is 4.92. The lowest BCUT2D eigenvalue weighted by atomic mass is 10.1. The van der Waals surface area contributed by atoms with Gasteiger partial charge in [-0.15, -0.1) is 0 Å². The summed E-state index contributed by atoms with van der Waals surface area (Å²) >= 11 is 0. The fourth-order valence-corrected chi connectivity index (χ4v) is 1.87. The molecule has 1 atom stereocenters. The minimum Gasteiger partial charge on any atom is -0.385 e. The third kappa shape index (κ3) is 7.65. The smallest absolute Gasteiger partial charge is 0.251 e. The van der Waals surface area contributed by atoms with Gasteiger partial charge in [-0.05, 0) is 38.0 Å². The minimum atomic E-state index is -0.105. The van der Waals surface area contributed by atoms with Crippen molar-refractivity contribution in [3.8, 4) is 0 Å². The molecule has 0 aliphatic rings. The third-order valence-electron chi connectivity index (χ3n) is 3.42. The lowest BCUT2D eigenvalue weighted by Gasteiger charge is -2.12. The Morgan fingerprint density at radius 2 is 2.09 bits per heavy atom. The van der Waals surface area contributed by atoms with Gasteiger partial charge in [-0.25, -0.2) is 0 Å². The van der Waals surface area contributed by atoms with Gasteiger partial charge in [0.15, 0.2) is 0 Å². The van der Waals surface area contributed by atoms with Crippen LogP contribution in [0.1, 0.15) is 37.0 Å². The number of hydrogen-bond donors (Lipinski definition) is 3. The maximum absolute atomic E-state index is 12.1. The molecule has 6 nitrogen and oxygen atoms in total. The molecular formula is C17H27N3O3. The topological polar surface area (TPSA) is 79.5 Å². The highest BCUT2D eigenvalue weighted by molar-refractivity contribution is 5.95. The zero-order valence-electron chi connectivity index (χ0n) is 14.1. The molecule has 1 unspecified atom stereocenters. The van der Waals surface area contributed by atoms with Crippen LogP contribution in [-0.4, -0.2) is 44.7 Å². The van der Waals surface area contributed by atoms with Crippen molar-refractivity contribution in [2.24, 2.45) is 0 Å². The highest BCUT2D eigenvalue weighted by Gasteiger charge is 2.09. The highest BCUT2D eigenvalue weighted by Crippen LogP contribution is 2.10. The molecule has 23 heavy (non-hydrogen) atoms. The largest absolute Gasteiger partial charge is 0.385 e. The van der Waals surface area contributed by atoms with Crippen LogP contribution in [0.3, 0.4) is 0 Å². The van der Waals surface area contributed by atoms with Crippen molar-refractivity contribution < 1.29 is 14.3 Å². The second-order valence-corrected chi connectivity index (χ2v) is 5.41. The van der Waals surface area contributed by atoms with Gasteiger partial charge in [0, 0.05) is 37.6 Å². The molecule has 0 saturated carbocycles. The van der Waals surface area contributed by atoms with E-state index in [-0.39, 0.29) is 24.4 Å². The Kier molecular flexibility index (Phi) is 8.75. The van der Waals surface area contributed by atoms with Crippen molar-refractivity contribution in [2.45, 2.75) is 32.7 Å². The van der Waals surface area contributed by atoms with Gasteiger partial charge in [0.25, 0.3) is 5.91 Å². The maximum atomic E-state index is 12.1. The lowest BCUT2D eigenvalue weighted by Crippen LogP contribution is -2.32. The van der Waals surface area contributed by atoms with E-state index in [4.69, 9.17) is 4.74 Å². The molecule has 0 aromatic heterocycles. The predicted octanol–water partition coefficient (Wildman–Crippen LogP) is 1.78. The van der Waals surface area contributed by atoms with E-state index < -0.39 is 0 Å². The Bertz CT molecular complexity index is 506. The van der Waals surface area contributed by atoms with E-state index in [9.17, 15) is 9.59 Å². The molecule has 0 bridgehead atoms. The van der Waals surface area contributed by atoms with Crippen LogP contribution in [0.5, 0.6) is 0 Å². The number of amides is 2. The number of carbonyl (C=O) groups excluding carboxylic acids is 2. The standard InChI is InChI=1S/C17H27N3O3/c1-4-13(2)20-17(22)14-7-5-8-15(11-14)19-12-16(21)18-9-6-10-23-3/h5,7-8,11,13,19H,4,6,9-10,12H2,1-3H3,(H,18,21)(H,20,22). The second kappa shape index (κ2) is 10.6. The van der Waals surface area contributed by atoms with Crippen LogP contribution in [0.2, 0.25) is 0 Å². The van der Waals surface area contributed by atoms with Crippen molar-refractivity contribution in [2.75, 3.05) is 32.1 Å². The zero-order valence-corrected chi connectivity index (χ0v) is 14.1. The van der Waals surface area contributed by atoms with Crippen LogP contribution in [0, 0.1) is 0 Å². The zero-order chi connectivity index (χ0) is 17.1. The predicted molar refractivity (Wildman–Crippen MR) is 91.7 cm³/mol. The number of hydrogen-bond acceptors (Lipinski definition) is 4. The minimum absolute atomic E-state index is 0.0874. The number of benzene rings is 1. The average Bonchev–Trinajstić information content (AvgIpc) is 2.57. The summed E-state index contributed by atoms with van der Waals surface area (Å²) in [5.74, 6) is -0.192. The van der Waals surface area contributed by atoms with E-state index in [1.54, 1.807) is 25.3 Å². The first-order chi connectivity index (χ1) is 11.1. The van der Waals surface area contributed by atoms with Gasteiger partial charge in [0.1, 0.15) is 0 Å². The summed E-state index contributed by atoms with van der Waals surface area (Å²) in [6, 6.07) is 7.27. The molecular weight excluding hydrogens is 294 g/mol. The summed E-state index contributed by atoms with van der Waals surface area (Å²) in [5.41, 5.74) is 1.32. The summed E-state index contributed by atoms with van der Waals surface area (Å²) in [5, 5.41) is 8.74. The number of ether oxygens (including phenoxy) is 1. The van der Waals surface area contributed by atoms with E-state index in [1.165, 1.54) is 0 Å². The Labute approximate surface area is 138 Å². The van der Waals surface area contributed by atoms with Gasteiger partial charge in [0.2, 0.25) is 5.91 Å². The molecule has 0 saturated heterocycles. The Morgan fingerprint density at radius 1 is 1.30 bits per heavy atom. The van der Waals surface area contributed by atoms with Gasteiger partial charge < -0.3 is 20.7 Å². The SMILES string of the molecule is CCC(C)NC(=O)c1cccc(NCC(=O)NCCCOC)c1. The van der Waals surface area contributed by atoms with Crippen LogP contribution in [-0.2, 0) is 9.53 Å². The molecule has 1 aromatic rings. The van der Waals surface area contributed by atoms with Gasteiger partial charge >= 0.3 is 0 Å². The van der Waals surface area contributed by atoms with Crippen LogP contribution >= 0.6 is 0 Å². The fraction of sp³-hybridized carbons (Fsp3) is 0.529. The number of anilines is 1. The molecule has 1 aromatic carbocycles. The van der Waals surface area contributed by atoms with Crippen molar-refractivity contribution in [1.82, 2.24) is 10.6 Å². The van der Waals surface area contributed by atoms with Crippen LogP contribution < -0.4 is 16.0 Å². The number of methoxy groups -OCH3 is 1. The van der Waals surface area contributed by atoms with Crippen molar-refractivity contribution in [3.63, 3.8) is 0 Å². The highest BCUT2D eigenvalue weighted by atomic mass is 16.5. The first-order valence-electron chi connectivity index (χ1n) is 7.97. The summed E-state index contributed by atoms with van der Waals surface area (Å²) in [6.45, 7) is 5.37. The normalized spacial score (nSPS) is 11.6. The molecule has 3 N–H and O–H groups in total. The molecule has 2 amide bonds. The Balaban J connectivity index is 2.44. The number of nitrogens with one attached hydrogen (secondary N) is 3.